The van der Waals surface area contributed by atoms with Gasteiger partial charge in [0.2, 0.25) is 0 Å². The van der Waals surface area contributed by atoms with Gasteiger partial charge < -0.3 is 10.0 Å². The summed E-state index contributed by atoms with van der Waals surface area (Å²) < 4.78 is 27.9. The van der Waals surface area contributed by atoms with Crippen LogP contribution in [0.25, 0.3) is 0 Å². The molecule has 1 fully saturated rings. The zero-order valence-electron chi connectivity index (χ0n) is 13.3. The summed E-state index contributed by atoms with van der Waals surface area (Å²) in [5.41, 5.74) is 0. The van der Waals surface area contributed by atoms with Gasteiger partial charge in [0.05, 0.1) is 0 Å². The maximum absolute atomic E-state index is 12.7. The van der Waals surface area contributed by atoms with E-state index >= 15 is 0 Å². The second kappa shape index (κ2) is 7.53. The lowest BCUT2D eigenvalue weighted by Crippen LogP contribution is -2.52. The molecular formula is C13H27N3O4S. The van der Waals surface area contributed by atoms with Gasteiger partial charge in [-0.2, -0.15) is 17.0 Å². The molecule has 2 atom stereocenters. The molecule has 0 spiro atoms. The van der Waals surface area contributed by atoms with Crippen molar-refractivity contribution in [1.82, 2.24) is 13.5 Å². The van der Waals surface area contributed by atoms with E-state index in [4.69, 9.17) is 5.11 Å². The first-order valence-electron chi connectivity index (χ1n) is 7.24. The second-order valence-corrected chi connectivity index (χ2v) is 8.23. The van der Waals surface area contributed by atoms with E-state index in [1.807, 2.05) is 32.8 Å². The van der Waals surface area contributed by atoms with Gasteiger partial charge in [0.1, 0.15) is 6.54 Å². The normalized spacial score (nSPS) is 24.7. The first-order chi connectivity index (χ1) is 9.62. The number of carbonyl (C=O) groups is 1. The summed E-state index contributed by atoms with van der Waals surface area (Å²) in [7, 11) is -0.0616. The molecule has 8 heteroatoms. The largest absolute Gasteiger partial charge is 0.480 e. The van der Waals surface area contributed by atoms with Gasteiger partial charge in [0.15, 0.2) is 0 Å². The van der Waals surface area contributed by atoms with E-state index in [-0.39, 0.29) is 6.54 Å². The molecule has 1 rings (SSSR count). The van der Waals surface area contributed by atoms with Crippen LogP contribution in [-0.2, 0) is 15.0 Å². The van der Waals surface area contributed by atoms with E-state index in [1.54, 1.807) is 0 Å². The van der Waals surface area contributed by atoms with Crippen LogP contribution in [0.3, 0.4) is 0 Å². The predicted octanol–water partition coefficient (Wildman–Crippen LogP) is 0.157. The Labute approximate surface area is 127 Å². The summed E-state index contributed by atoms with van der Waals surface area (Å²) in [4.78, 5) is 12.8. The van der Waals surface area contributed by atoms with Crippen LogP contribution in [0.15, 0.2) is 0 Å². The number of hydrogen-bond acceptors (Lipinski definition) is 4. The van der Waals surface area contributed by atoms with Gasteiger partial charge in [-0.15, -0.1) is 0 Å². The Balaban J connectivity index is 2.88. The van der Waals surface area contributed by atoms with Crippen molar-refractivity contribution in [1.29, 1.82) is 0 Å². The van der Waals surface area contributed by atoms with Crippen molar-refractivity contribution in [2.45, 2.75) is 20.3 Å². The maximum Gasteiger partial charge on any atom is 0.318 e. The van der Waals surface area contributed by atoms with Gasteiger partial charge in [0.25, 0.3) is 10.2 Å². The van der Waals surface area contributed by atoms with Crippen molar-refractivity contribution < 1.29 is 18.3 Å². The van der Waals surface area contributed by atoms with E-state index in [0.29, 0.717) is 31.5 Å². The number of rotatable bonds is 7. The molecule has 0 aromatic carbocycles. The third-order valence-corrected chi connectivity index (χ3v) is 5.51. The Bertz CT molecular complexity index is 442. The van der Waals surface area contributed by atoms with E-state index < -0.39 is 22.7 Å². The molecule has 0 aromatic heterocycles. The fourth-order valence-electron chi connectivity index (χ4n) is 2.70. The minimum atomic E-state index is -3.72. The third kappa shape index (κ3) is 5.54. The standard InChI is InChI=1S/C13H27N3O4S/c1-11-7-12(2)9-16(8-11)21(19,20)15(10-13(17)18)6-5-14(3)4/h11-12H,5-10H2,1-4H3,(H,17,18). The molecule has 1 saturated heterocycles. The number of piperidine rings is 1. The fourth-order valence-corrected chi connectivity index (χ4v) is 4.49. The molecule has 0 radical (unpaired) electrons. The second-order valence-electron chi connectivity index (χ2n) is 6.30. The highest BCUT2D eigenvalue weighted by Gasteiger charge is 2.35. The highest BCUT2D eigenvalue weighted by atomic mass is 32.2. The van der Waals surface area contributed by atoms with Crippen LogP contribution in [0, 0.1) is 11.8 Å². The summed E-state index contributed by atoms with van der Waals surface area (Å²) in [6, 6.07) is 0. The van der Waals surface area contributed by atoms with Gasteiger partial charge in [0, 0.05) is 26.2 Å². The molecule has 0 amide bonds. The molecule has 1 N–H and O–H groups in total. The van der Waals surface area contributed by atoms with Crippen LogP contribution in [0.1, 0.15) is 20.3 Å². The number of hydrogen-bond donors (Lipinski definition) is 1. The molecule has 2 unspecified atom stereocenters. The summed E-state index contributed by atoms with van der Waals surface area (Å²) >= 11 is 0. The Morgan fingerprint density at radius 2 is 1.71 bits per heavy atom. The first kappa shape index (κ1) is 18.3. The lowest BCUT2D eigenvalue weighted by molar-refractivity contribution is -0.137. The minimum absolute atomic E-state index is 0.181. The first-order valence-corrected chi connectivity index (χ1v) is 8.64. The Hall–Kier alpha value is -0.700. The average Bonchev–Trinajstić information content (AvgIpc) is 2.32. The van der Waals surface area contributed by atoms with Crippen LogP contribution < -0.4 is 0 Å². The predicted molar refractivity (Wildman–Crippen MR) is 81.2 cm³/mol. The topological polar surface area (TPSA) is 81.2 Å². The number of likely N-dealkylation sites (N-methyl/N-ethyl adjacent to an activating group) is 1. The zero-order valence-corrected chi connectivity index (χ0v) is 14.1. The van der Waals surface area contributed by atoms with Gasteiger partial charge in [-0.05, 0) is 32.4 Å². The molecule has 0 aromatic rings. The van der Waals surface area contributed by atoms with Crippen LogP contribution in [0.2, 0.25) is 0 Å². The van der Waals surface area contributed by atoms with Crippen molar-refractivity contribution in [3.8, 4) is 0 Å². The van der Waals surface area contributed by atoms with Crippen molar-refractivity contribution in [2.24, 2.45) is 11.8 Å². The van der Waals surface area contributed by atoms with Gasteiger partial charge in [-0.1, -0.05) is 13.8 Å². The third-order valence-electron chi connectivity index (χ3n) is 3.60. The lowest BCUT2D eigenvalue weighted by Gasteiger charge is -2.37. The van der Waals surface area contributed by atoms with Crippen LogP contribution >= 0.6 is 0 Å². The van der Waals surface area contributed by atoms with E-state index in [0.717, 1.165) is 10.7 Å². The number of carboxylic acids is 1. The summed E-state index contributed by atoms with van der Waals surface area (Å²) in [6.07, 6.45) is 1.00. The highest BCUT2D eigenvalue weighted by molar-refractivity contribution is 7.86. The van der Waals surface area contributed by atoms with Gasteiger partial charge in [-0.3, -0.25) is 4.79 Å². The SMILES string of the molecule is CC1CC(C)CN(S(=O)(=O)N(CCN(C)C)CC(=O)O)C1. The Kier molecular flexibility index (Phi) is 6.58. The van der Waals surface area contributed by atoms with Gasteiger partial charge >= 0.3 is 5.97 Å². The summed E-state index contributed by atoms with van der Waals surface area (Å²) in [6.45, 7) is 5.16. The van der Waals surface area contributed by atoms with Crippen molar-refractivity contribution in [3.05, 3.63) is 0 Å². The Morgan fingerprint density at radius 3 is 2.14 bits per heavy atom. The molecule has 1 aliphatic heterocycles. The highest BCUT2D eigenvalue weighted by Crippen LogP contribution is 2.24. The van der Waals surface area contributed by atoms with Gasteiger partial charge in [-0.25, -0.2) is 0 Å². The molecule has 1 heterocycles. The lowest BCUT2D eigenvalue weighted by atomic mass is 9.94. The minimum Gasteiger partial charge on any atom is -0.480 e. The molecule has 7 nitrogen and oxygen atoms in total. The van der Waals surface area contributed by atoms with E-state index in [2.05, 4.69) is 0 Å². The van der Waals surface area contributed by atoms with E-state index in [1.165, 1.54) is 4.31 Å². The van der Waals surface area contributed by atoms with Crippen LogP contribution in [0.4, 0.5) is 0 Å². The number of nitrogens with zero attached hydrogens (tertiary/aromatic N) is 3. The molecular weight excluding hydrogens is 294 g/mol. The number of aliphatic carboxylic acids is 1. The van der Waals surface area contributed by atoms with Crippen molar-refractivity contribution >= 4 is 16.2 Å². The fraction of sp³-hybridized carbons (Fsp3) is 0.923. The van der Waals surface area contributed by atoms with Crippen LogP contribution in [0.5, 0.6) is 0 Å². The summed E-state index contributed by atoms with van der Waals surface area (Å²) in [5, 5.41) is 8.98. The molecule has 1 aliphatic rings. The van der Waals surface area contributed by atoms with E-state index in [9.17, 15) is 13.2 Å². The monoisotopic (exact) mass is 321 g/mol. The van der Waals surface area contributed by atoms with Crippen molar-refractivity contribution in [2.75, 3.05) is 46.8 Å². The molecule has 0 saturated carbocycles. The zero-order chi connectivity index (χ0) is 16.2. The molecule has 0 aliphatic carbocycles. The Morgan fingerprint density at radius 1 is 1.19 bits per heavy atom. The van der Waals surface area contributed by atoms with Crippen LogP contribution in [-0.4, -0.2) is 79.8 Å². The smallest absolute Gasteiger partial charge is 0.318 e. The average molecular weight is 321 g/mol. The molecule has 21 heavy (non-hydrogen) atoms. The van der Waals surface area contributed by atoms with Crippen molar-refractivity contribution in [3.63, 3.8) is 0 Å². The summed E-state index contributed by atoms with van der Waals surface area (Å²) in [5.74, 6) is -0.538. The number of carboxylic acid groups (broad SMARTS) is 1. The molecule has 0 bridgehead atoms. The quantitative estimate of drug-likeness (QED) is 0.722. The maximum atomic E-state index is 12.7. The molecule has 124 valence electrons.